The molecule has 3 rings (SSSR count). The van der Waals surface area contributed by atoms with Crippen molar-refractivity contribution in [2.24, 2.45) is 4.99 Å². The molecule has 0 radical (unpaired) electrons. The molecular formula is C18H26N2O4S. The first-order chi connectivity index (χ1) is 12.0. The molecule has 7 heteroatoms. The molecule has 1 aliphatic carbocycles. The summed E-state index contributed by atoms with van der Waals surface area (Å²) in [5.41, 5.74) is 0.342. The van der Waals surface area contributed by atoms with E-state index < -0.39 is 15.6 Å². The number of hydrogen-bond acceptors (Lipinski definition) is 5. The zero-order chi connectivity index (χ0) is 17.8. The molecule has 25 heavy (non-hydrogen) atoms. The molecule has 6 nitrogen and oxygen atoms in total. The molecular weight excluding hydrogens is 340 g/mol. The van der Waals surface area contributed by atoms with Crippen molar-refractivity contribution >= 4 is 16.0 Å². The summed E-state index contributed by atoms with van der Waals surface area (Å²) < 4.78 is 33.3. The lowest BCUT2D eigenvalue weighted by atomic mass is 9.86. The number of sulfonamides is 1. The first kappa shape index (κ1) is 18.2. The summed E-state index contributed by atoms with van der Waals surface area (Å²) in [4.78, 5) is 4.58. The van der Waals surface area contributed by atoms with Gasteiger partial charge in [-0.05, 0) is 44.1 Å². The average Bonchev–Trinajstić information content (AvgIpc) is 2.58. The Kier molecular flexibility index (Phi) is 5.64. The van der Waals surface area contributed by atoms with Crippen molar-refractivity contribution in [3.63, 3.8) is 0 Å². The largest absolute Gasteiger partial charge is 0.457 e. The lowest BCUT2D eigenvalue weighted by molar-refractivity contribution is 0.0301. The highest BCUT2D eigenvalue weighted by molar-refractivity contribution is 7.90. The molecule has 0 unspecified atom stereocenters. The fraction of sp³-hybridized carbons (Fsp3) is 0.611. The summed E-state index contributed by atoms with van der Waals surface area (Å²) in [6.45, 7) is 0.0741. The second kappa shape index (κ2) is 7.74. The molecule has 2 N–H and O–H groups in total. The Morgan fingerprint density at radius 2 is 1.92 bits per heavy atom. The van der Waals surface area contributed by atoms with Gasteiger partial charge in [0, 0.05) is 6.61 Å². The molecule has 1 aromatic rings. The predicted octanol–water partition coefficient (Wildman–Crippen LogP) is 2.51. The lowest BCUT2D eigenvalue weighted by Crippen LogP contribution is -2.55. The molecule has 1 spiro atoms. The van der Waals surface area contributed by atoms with E-state index in [1.54, 1.807) is 0 Å². The Morgan fingerprint density at radius 1 is 1.20 bits per heavy atom. The van der Waals surface area contributed by atoms with Crippen molar-refractivity contribution in [1.29, 1.82) is 0 Å². The van der Waals surface area contributed by atoms with E-state index in [0.29, 0.717) is 12.8 Å². The molecule has 1 aromatic carbocycles. The first-order valence-electron chi connectivity index (χ1n) is 8.95. The zero-order valence-electron chi connectivity index (χ0n) is 14.4. The maximum Gasteiger partial charge on any atom is 0.299 e. The molecule has 138 valence electrons. The highest BCUT2D eigenvalue weighted by atomic mass is 32.2. The maximum atomic E-state index is 12.4. The minimum absolute atomic E-state index is 0.00562. The Labute approximate surface area is 149 Å². The number of aliphatic hydroxyl groups is 1. The van der Waals surface area contributed by atoms with Crippen LogP contribution in [0.5, 0.6) is 0 Å². The number of aliphatic hydroxyl groups excluding tert-OH is 1. The first-order valence-corrected chi connectivity index (χ1v) is 10.6. The van der Waals surface area contributed by atoms with Crippen molar-refractivity contribution in [3.05, 3.63) is 35.9 Å². The summed E-state index contributed by atoms with van der Waals surface area (Å²) in [7, 11) is -3.44. The van der Waals surface area contributed by atoms with Gasteiger partial charge in [-0.2, -0.15) is 0 Å². The molecule has 2 fully saturated rings. The molecule has 0 aromatic heterocycles. The Balaban J connectivity index is 1.87. The van der Waals surface area contributed by atoms with Gasteiger partial charge in [-0.15, -0.1) is 0 Å². The van der Waals surface area contributed by atoms with Gasteiger partial charge in [-0.1, -0.05) is 36.8 Å². The summed E-state index contributed by atoms with van der Waals surface area (Å²) >= 11 is 0. The summed E-state index contributed by atoms with van der Waals surface area (Å²) in [5.74, 6) is 0.00562. The molecule has 1 saturated carbocycles. The third-order valence-corrected chi connectivity index (χ3v) is 6.26. The van der Waals surface area contributed by atoms with E-state index in [1.807, 2.05) is 30.3 Å². The van der Waals surface area contributed by atoms with Gasteiger partial charge < -0.3 is 9.84 Å². The number of nitrogens with zero attached hydrogens (tertiary/aromatic N) is 1. The van der Waals surface area contributed by atoms with Crippen LogP contribution in [0, 0.1) is 0 Å². The van der Waals surface area contributed by atoms with Crippen LogP contribution in [-0.2, 0) is 14.8 Å². The van der Waals surface area contributed by atoms with E-state index in [1.165, 1.54) is 0 Å². The lowest BCUT2D eigenvalue weighted by Gasteiger charge is -2.40. The molecule has 1 saturated heterocycles. The van der Waals surface area contributed by atoms with Gasteiger partial charge in [-0.3, -0.25) is 0 Å². The highest BCUT2D eigenvalue weighted by Crippen LogP contribution is 2.35. The van der Waals surface area contributed by atoms with Crippen molar-refractivity contribution in [3.8, 4) is 0 Å². The van der Waals surface area contributed by atoms with E-state index in [2.05, 4.69) is 9.71 Å². The Bertz CT molecular complexity index is 697. The monoisotopic (exact) mass is 366 g/mol. The third-order valence-electron chi connectivity index (χ3n) is 4.87. The second-order valence-corrected chi connectivity index (χ2v) is 8.66. The molecule has 1 heterocycles. The molecule has 1 atom stereocenters. The number of nitrogens with one attached hydrogen (secondary N) is 1. The van der Waals surface area contributed by atoms with Gasteiger partial charge in [0.2, 0.25) is 10.0 Å². The van der Waals surface area contributed by atoms with E-state index in [9.17, 15) is 8.42 Å². The van der Waals surface area contributed by atoms with Crippen LogP contribution in [0.15, 0.2) is 35.3 Å². The van der Waals surface area contributed by atoms with Gasteiger partial charge in [0.25, 0.3) is 6.02 Å². The van der Waals surface area contributed by atoms with E-state index in [-0.39, 0.29) is 24.4 Å². The molecule has 0 bridgehead atoms. The number of hydrogen-bond donors (Lipinski definition) is 2. The van der Waals surface area contributed by atoms with Crippen molar-refractivity contribution in [2.45, 2.75) is 56.6 Å². The van der Waals surface area contributed by atoms with E-state index in [0.717, 1.165) is 37.7 Å². The van der Waals surface area contributed by atoms with Gasteiger partial charge in [0.15, 0.2) is 0 Å². The third kappa shape index (κ3) is 4.73. The second-order valence-electron chi connectivity index (χ2n) is 6.93. The van der Waals surface area contributed by atoms with Crippen LogP contribution in [0.2, 0.25) is 0 Å². The van der Waals surface area contributed by atoms with Gasteiger partial charge in [0.1, 0.15) is 11.4 Å². The fourth-order valence-electron chi connectivity index (χ4n) is 3.67. The average molecular weight is 366 g/mol. The number of aliphatic imine (C=N–C) groups is 1. The minimum Gasteiger partial charge on any atom is -0.457 e. The van der Waals surface area contributed by atoms with Crippen LogP contribution >= 0.6 is 0 Å². The Hall–Kier alpha value is -1.60. The van der Waals surface area contributed by atoms with Crippen LogP contribution in [-0.4, -0.2) is 37.5 Å². The van der Waals surface area contributed by atoms with Crippen LogP contribution in [0.25, 0.3) is 0 Å². The smallest absolute Gasteiger partial charge is 0.299 e. The van der Waals surface area contributed by atoms with E-state index >= 15 is 0 Å². The standard InChI is InChI=1S/C18H26N2O4S/c21-13-7-10-16(15-8-3-1-4-9-15)19-17-20-25(22,23)14-18(24-17)11-5-2-6-12-18/h1,3-4,8-9,16,21H,2,5-7,10-14H2,(H,19,20)/t16-/m0/s1. The van der Waals surface area contributed by atoms with Crippen LogP contribution in [0.1, 0.15) is 56.6 Å². The topological polar surface area (TPSA) is 88.0 Å². The van der Waals surface area contributed by atoms with Gasteiger partial charge in [-0.25, -0.2) is 18.1 Å². The maximum absolute atomic E-state index is 12.4. The van der Waals surface area contributed by atoms with Gasteiger partial charge in [0.05, 0.1) is 6.04 Å². The Morgan fingerprint density at radius 3 is 2.60 bits per heavy atom. The van der Waals surface area contributed by atoms with Crippen LogP contribution in [0.3, 0.4) is 0 Å². The highest BCUT2D eigenvalue weighted by Gasteiger charge is 2.44. The quantitative estimate of drug-likeness (QED) is 0.838. The molecule has 0 amide bonds. The number of rotatable bonds is 5. The summed E-state index contributed by atoms with van der Waals surface area (Å²) in [6, 6.07) is 9.55. The fourth-order valence-corrected chi connectivity index (χ4v) is 5.15. The van der Waals surface area contributed by atoms with Gasteiger partial charge >= 0.3 is 0 Å². The SMILES string of the molecule is O=S1(=O)CC2(CCCCC2)OC(=N[C@@H](CCCO)c2ccccc2)N1. The zero-order valence-corrected chi connectivity index (χ0v) is 15.2. The van der Waals surface area contributed by atoms with Crippen molar-refractivity contribution < 1.29 is 18.3 Å². The predicted molar refractivity (Wildman–Crippen MR) is 96.8 cm³/mol. The summed E-state index contributed by atoms with van der Waals surface area (Å²) in [6.07, 6.45) is 5.80. The number of benzene rings is 1. The minimum atomic E-state index is -3.44. The number of ether oxygens (including phenoxy) is 1. The van der Waals surface area contributed by atoms with Crippen molar-refractivity contribution in [1.82, 2.24) is 4.72 Å². The summed E-state index contributed by atoms with van der Waals surface area (Å²) in [5, 5.41) is 9.16. The van der Waals surface area contributed by atoms with Crippen LogP contribution in [0.4, 0.5) is 0 Å². The molecule has 1 aliphatic heterocycles. The molecule has 2 aliphatic rings. The van der Waals surface area contributed by atoms with Crippen molar-refractivity contribution in [2.75, 3.05) is 12.4 Å². The number of amidine groups is 1. The van der Waals surface area contributed by atoms with E-state index in [4.69, 9.17) is 9.84 Å². The van der Waals surface area contributed by atoms with Crippen LogP contribution < -0.4 is 4.72 Å². The normalized spacial score (nSPS) is 24.4.